The van der Waals surface area contributed by atoms with Crippen molar-refractivity contribution in [1.29, 1.82) is 0 Å². The molecule has 1 aromatic rings. The molecular formula is C12H16O4S. The normalized spacial score (nSPS) is 12.2. The smallest absolute Gasteiger partial charge is 0.315 e. The Morgan fingerprint density at radius 1 is 1.18 bits per heavy atom. The Hall–Kier alpha value is -1.36. The summed E-state index contributed by atoms with van der Waals surface area (Å²) in [5, 5.41) is 0. The lowest BCUT2D eigenvalue weighted by Crippen LogP contribution is -2.30. The molecule has 1 rings (SSSR count). The number of rotatable bonds is 3. The number of hydrogen-bond donors (Lipinski definition) is 0. The molecule has 0 aromatic heterocycles. The highest BCUT2D eigenvalue weighted by atomic mass is 32.2. The molecule has 5 heteroatoms. The largest absolute Gasteiger partial charge is 0.468 e. The van der Waals surface area contributed by atoms with Gasteiger partial charge < -0.3 is 4.74 Å². The van der Waals surface area contributed by atoms with Crippen molar-refractivity contribution in [3.8, 4) is 0 Å². The van der Waals surface area contributed by atoms with Crippen LogP contribution >= 0.6 is 0 Å². The van der Waals surface area contributed by atoms with Crippen LogP contribution in [0.25, 0.3) is 0 Å². The highest BCUT2D eigenvalue weighted by Crippen LogP contribution is 2.25. The first-order chi connectivity index (χ1) is 7.69. The zero-order valence-electron chi connectivity index (χ0n) is 10.4. The number of ether oxygens (including phenoxy) is 1. The van der Waals surface area contributed by atoms with Crippen molar-refractivity contribution >= 4 is 15.8 Å². The van der Waals surface area contributed by atoms with Gasteiger partial charge in [-0.05, 0) is 31.5 Å². The predicted molar refractivity (Wildman–Crippen MR) is 64.6 cm³/mol. The van der Waals surface area contributed by atoms with Gasteiger partial charge in [-0.15, -0.1) is 0 Å². The molecule has 0 saturated heterocycles. The fraction of sp³-hybridized carbons (Fsp3) is 0.417. The Morgan fingerprint density at radius 2 is 1.65 bits per heavy atom. The maximum Gasteiger partial charge on any atom is 0.315 e. The Balaban J connectivity index is 3.16. The first kappa shape index (κ1) is 13.7. The molecule has 0 spiro atoms. The van der Waals surface area contributed by atoms with Crippen molar-refractivity contribution in [3.63, 3.8) is 0 Å². The third kappa shape index (κ3) is 2.85. The van der Waals surface area contributed by atoms with Gasteiger partial charge in [0.15, 0.2) is 9.84 Å². The van der Waals surface area contributed by atoms with E-state index in [4.69, 9.17) is 4.74 Å². The molecule has 94 valence electrons. The molecule has 0 aliphatic heterocycles. The van der Waals surface area contributed by atoms with Gasteiger partial charge in [0.2, 0.25) is 0 Å². The molecule has 0 aliphatic rings. The van der Waals surface area contributed by atoms with Gasteiger partial charge in [0, 0.05) is 6.26 Å². The maximum absolute atomic E-state index is 11.6. The van der Waals surface area contributed by atoms with E-state index in [1.54, 1.807) is 26.0 Å². The highest BCUT2D eigenvalue weighted by molar-refractivity contribution is 7.90. The lowest BCUT2D eigenvalue weighted by molar-refractivity contribution is -0.146. The number of hydrogen-bond acceptors (Lipinski definition) is 4. The van der Waals surface area contributed by atoms with E-state index in [1.807, 2.05) is 0 Å². The van der Waals surface area contributed by atoms with Gasteiger partial charge in [0.1, 0.15) is 0 Å². The quantitative estimate of drug-likeness (QED) is 0.770. The number of sulfone groups is 1. The van der Waals surface area contributed by atoms with Crippen LogP contribution in [0.15, 0.2) is 29.2 Å². The summed E-state index contributed by atoms with van der Waals surface area (Å²) in [6.07, 6.45) is 1.15. The van der Waals surface area contributed by atoms with Gasteiger partial charge in [0.25, 0.3) is 0 Å². The van der Waals surface area contributed by atoms with Crippen LogP contribution in [0.1, 0.15) is 19.4 Å². The Bertz CT molecular complexity index is 512. The van der Waals surface area contributed by atoms with Crippen LogP contribution in [0.2, 0.25) is 0 Å². The summed E-state index contributed by atoms with van der Waals surface area (Å²) in [5.74, 6) is -0.357. The second-order valence-electron chi connectivity index (χ2n) is 4.41. The van der Waals surface area contributed by atoms with Crippen molar-refractivity contribution in [3.05, 3.63) is 29.8 Å². The third-order valence-corrected chi connectivity index (χ3v) is 3.83. The summed E-state index contributed by atoms with van der Waals surface area (Å²) in [7, 11) is -1.88. The molecule has 0 fully saturated rings. The zero-order chi connectivity index (χ0) is 13.3. The van der Waals surface area contributed by atoms with Gasteiger partial charge >= 0.3 is 5.97 Å². The molecule has 0 radical (unpaired) electrons. The SMILES string of the molecule is COC(=O)C(C)(C)c1ccc(S(C)(=O)=O)cc1. The number of benzene rings is 1. The van der Waals surface area contributed by atoms with Crippen molar-refractivity contribution in [1.82, 2.24) is 0 Å². The van der Waals surface area contributed by atoms with Crippen LogP contribution in [0.3, 0.4) is 0 Å². The van der Waals surface area contributed by atoms with Crippen molar-refractivity contribution < 1.29 is 17.9 Å². The summed E-state index contributed by atoms with van der Waals surface area (Å²) in [6.45, 7) is 3.46. The molecule has 0 aliphatic carbocycles. The third-order valence-electron chi connectivity index (χ3n) is 2.70. The summed E-state index contributed by atoms with van der Waals surface area (Å²) < 4.78 is 27.3. The molecule has 0 bridgehead atoms. The number of methoxy groups -OCH3 is 1. The number of carbonyl (C=O) groups is 1. The first-order valence-corrected chi connectivity index (χ1v) is 6.97. The van der Waals surface area contributed by atoms with Gasteiger partial charge in [-0.1, -0.05) is 12.1 Å². The van der Waals surface area contributed by atoms with E-state index in [1.165, 1.54) is 19.2 Å². The standard InChI is InChI=1S/C12H16O4S/c1-12(2,11(13)16-3)9-5-7-10(8-6-9)17(4,14)15/h5-8H,1-4H3. The fourth-order valence-electron chi connectivity index (χ4n) is 1.49. The predicted octanol–water partition coefficient (Wildman–Crippen LogP) is 1.54. The van der Waals surface area contributed by atoms with E-state index >= 15 is 0 Å². The average Bonchev–Trinajstić information content (AvgIpc) is 2.27. The highest BCUT2D eigenvalue weighted by Gasteiger charge is 2.30. The van der Waals surface area contributed by atoms with Crippen LogP contribution in [0, 0.1) is 0 Å². The summed E-state index contributed by atoms with van der Waals surface area (Å²) in [5.41, 5.74) is -0.0677. The van der Waals surface area contributed by atoms with Crippen molar-refractivity contribution in [2.75, 3.05) is 13.4 Å². The Morgan fingerprint density at radius 3 is 2.00 bits per heavy atom. The number of carbonyl (C=O) groups excluding carboxylic acids is 1. The summed E-state index contributed by atoms with van der Waals surface area (Å²) >= 11 is 0. The topological polar surface area (TPSA) is 60.4 Å². The molecule has 0 amide bonds. The van der Waals surface area contributed by atoms with E-state index in [-0.39, 0.29) is 10.9 Å². The van der Waals surface area contributed by atoms with E-state index in [9.17, 15) is 13.2 Å². The van der Waals surface area contributed by atoms with E-state index in [0.717, 1.165) is 11.8 Å². The van der Waals surface area contributed by atoms with E-state index in [0.29, 0.717) is 0 Å². The van der Waals surface area contributed by atoms with Crippen LogP contribution in [-0.2, 0) is 24.8 Å². The monoisotopic (exact) mass is 256 g/mol. The molecule has 0 N–H and O–H groups in total. The zero-order valence-corrected chi connectivity index (χ0v) is 11.2. The van der Waals surface area contributed by atoms with Gasteiger partial charge in [0.05, 0.1) is 17.4 Å². The minimum Gasteiger partial charge on any atom is -0.468 e. The van der Waals surface area contributed by atoms with Crippen molar-refractivity contribution in [2.24, 2.45) is 0 Å². The lowest BCUT2D eigenvalue weighted by atomic mass is 9.85. The lowest BCUT2D eigenvalue weighted by Gasteiger charge is -2.22. The molecular weight excluding hydrogens is 240 g/mol. The summed E-state index contributed by atoms with van der Waals surface area (Å²) in [6, 6.07) is 6.26. The molecule has 17 heavy (non-hydrogen) atoms. The Kier molecular flexibility index (Phi) is 3.62. The number of esters is 1. The molecule has 0 heterocycles. The van der Waals surface area contributed by atoms with Gasteiger partial charge in [-0.25, -0.2) is 8.42 Å². The first-order valence-electron chi connectivity index (χ1n) is 5.08. The second-order valence-corrected chi connectivity index (χ2v) is 6.43. The minimum atomic E-state index is -3.21. The van der Waals surface area contributed by atoms with Gasteiger partial charge in [-0.2, -0.15) is 0 Å². The van der Waals surface area contributed by atoms with Crippen LogP contribution in [0.5, 0.6) is 0 Å². The molecule has 0 saturated carbocycles. The fourth-order valence-corrected chi connectivity index (χ4v) is 2.12. The molecule has 1 aromatic carbocycles. The van der Waals surface area contributed by atoms with Crippen molar-refractivity contribution in [2.45, 2.75) is 24.2 Å². The maximum atomic E-state index is 11.6. The molecule has 0 unspecified atom stereocenters. The molecule has 0 atom stereocenters. The second kappa shape index (κ2) is 4.49. The minimum absolute atomic E-state index is 0.238. The van der Waals surface area contributed by atoms with Gasteiger partial charge in [-0.3, -0.25) is 4.79 Å². The summed E-state index contributed by atoms with van der Waals surface area (Å²) in [4.78, 5) is 11.8. The van der Waals surface area contributed by atoms with Crippen LogP contribution in [-0.4, -0.2) is 27.8 Å². The molecule has 4 nitrogen and oxygen atoms in total. The van der Waals surface area contributed by atoms with Crippen LogP contribution < -0.4 is 0 Å². The van der Waals surface area contributed by atoms with E-state index in [2.05, 4.69) is 0 Å². The van der Waals surface area contributed by atoms with E-state index < -0.39 is 15.3 Å². The average molecular weight is 256 g/mol. The van der Waals surface area contributed by atoms with Crippen LogP contribution in [0.4, 0.5) is 0 Å². The Labute approximate surface area is 102 Å².